The third-order valence-corrected chi connectivity index (χ3v) is 3.21. The summed E-state index contributed by atoms with van der Waals surface area (Å²) in [5, 5.41) is 9.15. The number of carboxylic acid groups (broad SMARTS) is 1. The highest BCUT2D eigenvalue weighted by Crippen LogP contribution is 2.30. The number of aliphatic carboxylic acids is 1. The molecule has 80 valence electrons. The fourth-order valence-electron chi connectivity index (χ4n) is 2.01. The molecule has 1 unspecified atom stereocenters. The van der Waals surface area contributed by atoms with Crippen LogP contribution in [0.2, 0.25) is 0 Å². The first-order valence-electron chi connectivity index (χ1n) is 4.77. The number of hydrogen-bond acceptors (Lipinski definition) is 2. The molecule has 0 fully saturated rings. The number of rotatable bonds is 1. The van der Waals surface area contributed by atoms with Crippen LogP contribution < -0.4 is 0 Å². The van der Waals surface area contributed by atoms with Gasteiger partial charge in [0.05, 0.1) is 5.92 Å². The van der Waals surface area contributed by atoms with Gasteiger partial charge in [0.15, 0.2) is 0 Å². The van der Waals surface area contributed by atoms with E-state index in [1.807, 2.05) is 30.1 Å². The van der Waals surface area contributed by atoms with Gasteiger partial charge in [0.25, 0.3) is 0 Å². The first-order chi connectivity index (χ1) is 7.08. The predicted molar refractivity (Wildman–Crippen MR) is 60.9 cm³/mol. The Morgan fingerprint density at radius 2 is 2.33 bits per heavy atom. The van der Waals surface area contributed by atoms with E-state index in [1.165, 1.54) is 0 Å². The Labute approximate surface area is 96.8 Å². The molecule has 1 heterocycles. The summed E-state index contributed by atoms with van der Waals surface area (Å²) in [6.45, 7) is 1.41. The molecule has 1 N–H and O–H groups in total. The number of carbonyl (C=O) groups is 1. The van der Waals surface area contributed by atoms with Crippen molar-refractivity contribution in [1.82, 2.24) is 4.90 Å². The minimum atomic E-state index is -0.749. The summed E-state index contributed by atoms with van der Waals surface area (Å²) >= 11 is 3.38. The second kappa shape index (κ2) is 3.94. The Balaban J connectivity index is 2.47. The zero-order chi connectivity index (χ0) is 11.0. The number of hydrogen-bond donors (Lipinski definition) is 1. The monoisotopic (exact) mass is 269 g/mol. The van der Waals surface area contributed by atoms with E-state index >= 15 is 0 Å². The number of benzene rings is 1. The first kappa shape index (κ1) is 10.6. The molecule has 1 aliphatic heterocycles. The molecule has 0 bridgehead atoms. The van der Waals surface area contributed by atoms with E-state index in [4.69, 9.17) is 5.11 Å². The minimum Gasteiger partial charge on any atom is -0.481 e. The Morgan fingerprint density at radius 3 is 3.00 bits per heavy atom. The fraction of sp³-hybridized carbons (Fsp3) is 0.364. The van der Waals surface area contributed by atoms with Crippen LogP contribution >= 0.6 is 15.9 Å². The molecule has 4 heteroatoms. The highest BCUT2D eigenvalue weighted by atomic mass is 79.9. The fourth-order valence-corrected chi connectivity index (χ4v) is 2.39. The van der Waals surface area contributed by atoms with Crippen LogP contribution in [0.4, 0.5) is 0 Å². The van der Waals surface area contributed by atoms with E-state index in [0.717, 1.165) is 22.1 Å². The summed E-state index contributed by atoms with van der Waals surface area (Å²) in [7, 11) is 1.95. The molecule has 0 saturated carbocycles. The van der Waals surface area contributed by atoms with Crippen LogP contribution in [0.25, 0.3) is 0 Å². The highest BCUT2D eigenvalue weighted by Gasteiger charge is 2.28. The summed E-state index contributed by atoms with van der Waals surface area (Å²) in [6.07, 6.45) is 0. The van der Waals surface area contributed by atoms with Crippen LogP contribution in [0, 0.1) is 0 Å². The van der Waals surface area contributed by atoms with Crippen molar-refractivity contribution in [2.24, 2.45) is 0 Å². The van der Waals surface area contributed by atoms with E-state index in [2.05, 4.69) is 15.9 Å². The predicted octanol–water partition coefficient (Wildman–Crippen LogP) is 2.06. The topological polar surface area (TPSA) is 40.5 Å². The average Bonchev–Trinajstić information content (AvgIpc) is 2.17. The molecular formula is C11H12BrNO2. The quantitative estimate of drug-likeness (QED) is 0.849. The molecule has 1 atom stereocenters. The van der Waals surface area contributed by atoms with Gasteiger partial charge >= 0.3 is 5.97 Å². The van der Waals surface area contributed by atoms with Crippen molar-refractivity contribution >= 4 is 21.9 Å². The van der Waals surface area contributed by atoms with Gasteiger partial charge in [-0.2, -0.15) is 0 Å². The van der Waals surface area contributed by atoms with E-state index < -0.39 is 11.9 Å². The molecule has 0 saturated heterocycles. The second-order valence-corrected chi connectivity index (χ2v) is 4.85. The lowest BCUT2D eigenvalue weighted by Gasteiger charge is -2.29. The van der Waals surface area contributed by atoms with Crippen LogP contribution in [0.5, 0.6) is 0 Å². The SMILES string of the molecule is CN1Cc2ccc(Br)cc2C(C(=O)O)C1. The van der Waals surface area contributed by atoms with Gasteiger partial charge in [0.2, 0.25) is 0 Å². The van der Waals surface area contributed by atoms with Gasteiger partial charge in [0.1, 0.15) is 0 Å². The van der Waals surface area contributed by atoms with E-state index in [1.54, 1.807) is 0 Å². The third kappa shape index (κ3) is 2.06. The number of fused-ring (bicyclic) bond motifs is 1. The van der Waals surface area contributed by atoms with Crippen LogP contribution in [0.15, 0.2) is 22.7 Å². The lowest BCUT2D eigenvalue weighted by molar-refractivity contribution is -0.139. The van der Waals surface area contributed by atoms with Gasteiger partial charge in [-0.25, -0.2) is 0 Å². The number of nitrogens with zero attached hydrogens (tertiary/aromatic N) is 1. The summed E-state index contributed by atoms with van der Waals surface area (Å²) in [5.41, 5.74) is 2.05. The van der Waals surface area contributed by atoms with Crippen LogP contribution in [-0.2, 0) is 11.3 Å². The Kier molecular flexibility index (Phi) is 2.80. The second-order valence-electron chi connectivity index (χ2n) is 3.93. The van der Waals surface area contributed by atoms with Gasteiger partial charge in [0, 0.05) is 17.6 Å². The lowest BCUT2D eigenvalue weighted by Crippen LogP contribution is -2.34. The number of carboxylic acids is 1. The Morgan fingerprint density at radius 1 is 1.60 bits per heavy atom. The Hall–Kier alpha value is -0.870. The van der Waals surface area contributed by atoms with Gasteiger partial charge < -0.3 is 10.0 Å². The van der Waals surface area contributed by atoms with Gasteiger partial charge in [-0.05, 0) is 30.3 Å². The zero-order valence-electron chi connectivity index (χ0n) is 8.40. The molecule has 0 radical (unpaired) electrons. The van der Waals surface area contributed by atoms with Crippen molar-refractivity contribution in [3.63, 3.8) is 0 Å². The van der Waals surface area contributed by atoms with Crippen molar-refractivity contribution in [3.8, 4) is 0 Å². The van der Waals surface area contributed by atoms with Crippen molar-refractivity contribution in [2.45, 2.75) is 12.5 Å². The number of likely N-dealkylation sites (N-methyl/N-ethyl adjacent to an activating group) is 1. The maximum Gasteiger partial charge on any atom is 0.312 e. The average molecular weight is 270 g/mol. The molecule has 1 aromatic rings. The molecule has 2 rings (SSSR count). The molecule has 1 aliphatic rings. The van der Waals surface area contributed by atoms with E-state index in [0.29, 0.717) is 6.54 Å². The molecule has 1 aromatic carbocycles. The van der Waals surface area contributed by atoms with Crippen molar-refractivity contribution in [1.29, 1.82) is 0 Å². The molecule has 15 heavy (non-hydrogen) atoms. The molecule has 0 aromatic heterocycles. The normalized spacial score (nSPS) is 21.1. The highest BCUT2D eigenvalue weighted by molar-refractivity contribution is 9.10. The van der Waals surface area contributed by atoms with Crippen LogP contribution in [-0.4, -0.2) is 29.6 Å². The lowest BCUT2D eigenvalue weighted by atomic mass is 9.90. The third-order valence-electron chi connectivity index (χ3n) is 2.72. The smallest absolute Gasteiger partial charge is 0.312 e. The molecule has 0 amide bonds. The molecular weight excluding hydrogens is 258 g/mol. The van der Waals surface area contributed by atoms with Crippen molar-refractivity contribution in [3.05, 3.63) is 33.8 Å². The van der Waals surface area contributed by atoms with Crippen molar-refractivity contribution in [2.75, 3.05) is 13.6 Å². The first-order valence-corrected chi connectivity index (χ1v) is 5.57. The molecule has 0 aliphatic carbocycles. The summed E-state index contributed by atoms with van der Waals surface area (Å²) in [4.78, 5) is 13.2. The van der Waals surface area contributed by atoms with Crippen LogP contribution in [0.1, 0.15) is 17.0 Å². The van der Waals surface area contributed by atoms with Gasteiger partial charge in [-0.1, -0.05) is 22.0 Å². The molecule has 3 nitrogen and oxygen atoms in total. The van der Waals surface area contributed by atoms with Gasteiger partial charge in [-0.15, -0.1) is 0 Å². The zero-order valence-corrected chi connectivity index (χ0v) is 9.99. The van der Waals surface area contributed by atoms with E-state index in [9.17, 15) is 4.79 Å². The summed E-state index contributed by atoms with van der Waals surface area (Å²) in [6, 6.07) is 5.86. The van der Waals surface area contributed by atoms with Crippen molar-refractivity contribution < 1.29 is 9.90 Å². The largest absolute Gasteiger partial charge is 0.481 e. The van der Waals surface area contributed by atoms with Gasteiger partial charge in [-0.3, -0.25) is 4.79 Å². The summed E-state index contributed by atoms with van der Waals surface area (Å²) < 4.78 is 0.942. The number of halogens is 1. The maximum atomic E-state index is 11.1. The Bertz CT molecular complexity index is 406. The maximum absolute atomic E-state index is 11.1. The molecule has 0 spiro atoms. The van der Waals surface area contributed by atoms with Crippen LogP contribution in [0.3, 0.4) is 0 Å². The van der Waals surface area contributed by atoms with E-state index in [-0.39, 0.29) is 0 Å². The summed E-state index contributed by atoms with van der Waals surface area (Å²) in [5.74, 6) is -1.16. The standard InChI is InChI=1S/C11H12BrNO2/c1-13-5-7-2-3-8(12)4-9(7)10(6-13)11(14)15/h2-4,10H,5-6H2,1H3,(H,14,15). The minimum absolute atomic E-state index is 0.406.